The first-order valence-electron chi connectivity index (χ1n) is 9.94. The molecule has 0 aliphatic heterocycles. The van der Waals surface area contributed by atoms with Crippen LogP contribution in [0, 0.1) is 0 Å². The third-order valence-corrected chi connectivity index (χ3v) is 4.41. The minimum Gasteiger partial charge on any atom is -0.496 e. The molecule has 8 heteroatoms. The van der Waals surface area contributed by atoms with Crippen molar-refractivity contribution in [2.24, 2.45) is 0 Å². The Labute approximate surface area is 171 Å². The van der Waals surface area contributed by atoms with Crippen molar-refractivity contribution in [3.05, 3.63) is 41.6 Å². The number of methoxy groups -OCH3 is 1. The molecule has 0 N–H and O–H groups in total. The average Bonchev–Trinajstić information content (AvgIpc) is 3.37. The zero-order chi connectivity index (χ0) is 20.8. The predicted molar refractivity (Wildman–Crippen MR) is 111 cm³/mol. The summed E-state index contributed by atoms with van der Waals surface area (Å²) in [5, 5.41) is 20.9. The van der Waals surface area contributed by atoms with Crippen LogP contribution in [-0.2, 0) is 6.42 Å². The van der Waals surface area contributed by atoms with Crippen molar-refractivity contribution in [3.8, 4) is 17.1 Å². The molecule has 29 heavy (non-hydrogen) atoms. The van der Waals surface area contributed by atoms with Gasteiger partial charge in [0.05, 0.1) is 13.2 Å². The molecule has 0 fully saturated rings. The van der Waals surface area contributed by atoms with Gasteiger partial charge < -0.3 is 9.15 Å². The maximum Gasteiger partial charge on any atom is 0.219 e. The van der Waals surface area contributed by atoms with E-state index in [2.05, 4.69) is 37.8 Å². The van der Waals surface area contributed by atoms with E-state index in [0.717, 1.165) is 36.1 Å². The van der Waals surface area contributed by atoms with Crippen LogP contribution < -0.4 is 4.74 Å². The summed E-state index contributed by atoms with van der Waals surface area (Å²) in [4.78, 5) is 1.61. The molecule has 0 radical (unpaired) electrons. The monoisotopic (exact) mass is 396 g/mol. The number of benzene rings is 1. The van der Waals surface area contributed by atoms with Crippen LogP contribution in [0.4, 0.5) is 0 Å². The fourth-order valence-electron chi connectivity index (χ4n) is 2.75. The molecule has 2 aromatic heterocycles. The molecule has 1 aromatic carbocycles. The molecule has 0 bridgehead atoms. The number of rotatable bonds is 9. The van der Waals surface area contributed by atoms with Gasteiger partial charge in [-0.3, -0.25) is 0 Å². The summed E-state index contributed by atoms with van der Waals surface area (Å²) in [6, 6.07) is 6.06. The summed E-state index contributed by atoms with van der Waals surface area (Å²) in [7, 11) is 1.67. The molecule has 0 saturated heterocycles. The van der Waals surface area contributed by atoms with Crippen molar-refractivity contribution < 1.29 is 9.15 Å². The molecular formula is C21H28N6O2. The van der Waals surface area contributed by atoms with E-state index < -0.39 is 0 Å². The molecule has 0 aliphatic carbocycles. The van der Waals surface area contributed by atoms with E-state index in [4.69, 9.17) is 9.15 Å². The SMILES string of the molecule is COc1ccc(-c2nnn(C(C)C)n2)cc1/C=C/CCCc1nnc(C(C)C)o1. The summed E-state index contributed by atoms with van der Waals surface area (Å²) in [6.45, 7) is 8.12. The van der Waals surface area contributed by atoms with Gasteiger partial charge in [0.25, 0.3) is 0 Å². The third kappa shape index (κ3) is 5.28. The van der Waals surface area contributed by atoms with Crippen LogP contribution in [0.25, 0.3) is 17.5 Å². The molecule has 3 aromatic rings. The summed E-state index contributed by atoms with van der Waals surface area (Å²) >= 11 is 0. The van der Waals surface area contributed by atoms with Crippen LogP contribution in [-0.4, -0.2) is 37.5 Å². The third-order valence-electron chi connectivity index (χ3n) is 4.41. The highest BCUT2D eigenvalue weighted by molar-refractivity contribution is 5.66. The van der Waals surface area contributed by atoms with E-state index in [9.17, 15) is 0 Å². The van der Waals surface area contributed by atoms with Gasteiger partial charge in [0.2, 0.25) is 17.6 Å². The highest BCUT2D eigenvalue weighted by atomic mass is 16.5. The Balaban J connectivity index is 1.63. The lowest BCUT2D eigenvalue weighted by Crippen LogP contribution is -2.04. The van der Waals surface area contributed by atoms with E-state index in [1.54, 1.807) is 11.9 Å². The number of ether oxygens (including phenoxy) is 1. The van der Waals surface area contributed by atoms with Gasteiger partial charge in [-0.1, -0.05) is 26.0 Å². The molecule has 0 saturated carbocycles. The van der Waals surface area contributed by atoms with Crippen molar-refractivity contribution in [3.63, 3.8) is 0 Å². The average molecular weight is 396 g/mol. The standard InChI is InChI=1S/C21H28N6O2/c1-14(2)21-24-22-19(29-21)10-8-6-7-9-16-13-17(11-12-18(16)28-5)20-23-26-27(25-20)15(3)4/h7,9,11-15H,6,8,10H2,1-5H3/b9-7+. The lowest BCUT2D eigenvalue weighted by atomic mass is 10.1. The van der Waals surface area contributed by atoms with Crippen LogP contribution in [0.2, 0.25) is 0 Å². The minimum atomic E-state index is 0.171. The molecule has 2 heterocycles. The zero-order valence-corrected chi connectivity index (χ0v) is 17.7. The minimum absolute atomic E-state index is 0.171. The number of aryl methyl sites for hydroxylation is 1. The van der Waals surface area contributed by atoms with Gasteiger partial charge in [-0.15, -0.1) is 20.4 Å². The van der Waals surface area contributed by atoms with Crippen LogP contribution in [0.1, 0.15) is 69.8 Å². The van der Waals surface area contributed by atoms with Gasteiger partial charge in [0.15, 0.2) is 0 Å². The number of allylic oxidation sites excluding steroid dienone is 1. The maximum absolute atomic E-state index is 5.64. The van der Waals surface area contributed by atoms with Crippen molar-refractivity contribution in [2.75, 3.05) is 7.11 Å². The molecule has 154 valence electrons. The lowest BCUT2D eigenvalue weighted by Gasteiger charge is -2.06. The molecule has 0 unspecified atom stereocenters. The largest absolute Gasteiger partial charge is 0.496 e. The quantitative estimate of drug-likeness (QED) is 0.493. The van der Waals surface area contributed by atoms with E-state index >= 15 is 0 Å². The maximum atomic E-state index is 5.64. The highest BCUT2D eigenvalue weighted by Gasteiger charge is 2.11. The predicted octanol–water partition coefficient (Wildman–Crippen LogP) is 4.47. The number of hydrogen-bond acceptors (Lipinski definition) is 7. The smallest absolute Gasteiger partial charge is 0.219 e. The van der Waals surface area contributed by atoms with Gasteiger partial charge in [0.1, 0.15) is 5.75 Å². The lowest BCUT2D eigenvalue weighted by molar-refractivity contribution is 0.414. The van der Waals surface area contributed by atoms with E-state index in [0.29, 0.717) is 17.6 Å². The molecule has 8 nitrogen and oxygen atoms in total. The normalized spacial score (nSPS) is 11.8. The van der Waals surface area contributed by atoms with Gasteiger partial charge in [0, 0.05) is 23.5 Å². The second-order valence-corrected chi connectivity index (χ2v) is 7.47. The second kappa shape index (κ2) is 9.45. The molecule has 0 aliphatic rings. The number of hydrogen-bond donors (Lipinski definition) is 0. The second-order valence-electron chi connectivity index (χ2n) is 7.47. The zero-order valence-electron chi connectivity index (χ0n) is 17.7. The number of unbranched alkanes of at least 4 members (excludes halogenated alkanes) is 1. The van der Waals surface area contributed by atoms with Crippen molar-refractivity contribution >= 4 is 6.08 Å². The van der Waals surface area contributed by atoms with Crippen LogP contribution in [0.5, 0.6) is 5.75 Å². The fourth-order valence-corrected chi connectivity index (χ4v) is 2.75. The van der Waals surface area contributed by atoms with E-state index in [-0.39, 0.29) is 12.0 Å². The number of nitrogens with zero attached hydrogens (tertiary/aromatic N) is 6. The Morgan fingerprint density at radius 1 is 1.14 bits per heavy atom. The first kappa shape index (κ1) is 20.7. The van der Waals surface area contributed by atoms with Gasteiger partial charge in [-0.25, -0.2) is 0 Å². The molecular weight excluding hydrogens is 368 g/mol. The van der Waals surface area contributed by atoms with Gasteiger partial charge in [-0.2, -0.15) is 4.80 Å². The Morgan fingerprint density at radius 2 is 1.97 bits per heavy atom. The summed E-state index contributed by atoms with van der Waals surface area (Å²) < 4.78 is 11.1. The Morgan fingerprint density at radius 3 is 2.62 bits per heavy atom. The molecule has 3 rings (SSSR count). The fraction of sp³-hybridized carbons (Fsp3) is 0.476. The molecule has 0 spiro atoms. The van der Waals surface area contributed by atoms with Crippen LogP contribution >= 0.6 is 0 Å². The van der Waals surface area contributed by atoms with Crippen molar-refractivity contribution in [2.45, 2.75) is 58.9 Å². The van der Waals surface area contributed by atoms with E-state index in [1.165, 1.54) is 0 Å². The summed E-state index contributed by atoms with van der Waals surface area (Å²) in [6.07, 6.45) is 6.78. The van der Waals surface area contributed by atoms with Crippen molar-refractivity contribution in [1.82, 2.24) is 30.4 Å². The molecule has 0 atom stereocenters. The Kier molecular flexibility index (Phi) is 6.74. The first-order valence-corrected chi connectivity index (χ1v) is 9.94. The summed E-state index contributed by atoms with van der Waals surface area (Å²) in [5.41, 5.74) is 1.88. The Bertz CT molecular complexity index is 958. The van der Waals surface area contributed by atoms with Gasteiger partial charge >= 0.3 is 0 Å². The van der Waals surface area contributed by atoms with Gasteiger partial charge in [-0.05, 0) is 50.1 Å². The summed E-state index contributed by atoms with van der Waals surface area (Å²) in [5.74, 6) is 3.06. The first-order chi connectivity index (χ1) is 14.0. The van der Waals surface area contributed by atoms with Crippen molar-refractivity contribution in [1.29, 1.82) is 0 Å². The van der Waals surface area contributed by atoms with E-state index in [1.807, 2.05) is 45.9 Å². The Hall–Kier alpha value is -3.03. The number of aromatic nitrogens is 6. The van der Waals surface area contributed by atoms with Crippen LogP contribution in [0.3, 0.4) is 0 Å². The number of tetrazole rings is 1. The van der Waals surface area contributed by atoms with Crippen LogP contribution in [0.15, 0.2) is 28.7 Å². The molecule has 0 amide bonds. The highest BCUT2D eigenvalue weighted by Crippen LogP contribution is 2.26. The topological polar surface area (TPSA) is 91.8 Å².